The van der Waals surface area contributed by atoms with Crippen LogP contribution in [0.4, 0.5) is 9.18 Å². The van der Waals surface area contributed by atoms with E-state index in [0.29, 0.717) is 5.56 Å². The Balaban J connectivity index is 1.74. The van der Waals surface area contributed by atoms with Gasteiger partial charge < -0.3 is 10.2 Å². The molecule has 1 fully saturated rings. The molecule has 2 aromatic carbocycles. The van der Waals surface area contributed by atoms with E-state index in [1.54, 1.807) is 45.2 Å². The summed E-state index contributed by atoms with van der Waals surface area (Å²) in [6, 6.07) is 12.2. The van der Waals surface area contributed by atoms with Gasteiger partial charge in [0.05, 0.1) is 6.04 Å². The summed E-state index contributed by atoms with van der Waals surface area (Å²) < 4.78 is 13.1. The zero-order valence-electron chi connectivity index (χ0n) is 16.9. The van der Waals surface area contributed by atoms with Crippen LogP contribution in [0, 0.1) is 12.7 Å². The fourth-order valence-corrected chi connectivity index (χ4v) is 3.35. The number of carbonyl (C=O) groups excluding carboxylic acids is 3. The summed E-state index contributed by atoms with van der Waals surface area (Å²) in [6.07, 6.45) is 0. The molecule has 152 valence electrons. The molecule has 1 aliphatic heterocycles. The average molecular weight is 397 g/mol. The van der Waals surface area contributed by atoms with Crippen molar-refractivity contribution in [3.63, 3.8) is 0 Å². The van der Waals surface area contributed by atoms with Crippen LogP contribution in [0.5, 0.6) is 0 Å². The molecule has 2 unspecified atom stereocenters. The summed E-state index contributed by atoms with van der Waals surface area (Å²) in [5.41, 5.74) is 1.23. The molecule has 1 N–H and O–H groups in total. The standard InChI is InChI=1S/C22H24FN3O3/c1-14-5-9-17(10-6-14)22(3)20(28)26(21(29)24-22)13-19(27)25(4)15(2)16-7-11-18(23)12-8-16/h5-12,15H,13H2,1-4H3,(H,24,29). The van der Waals surface area contributed by atoms with Crippen molar-refractivity contribution >= 4 is 17.8 Å². The van der Waals surface area contributed by atoms with Gasteiger partial charge in [0.15, 0.2) is 0 Å². The second kappa shape index (κ2) is 7.66. The summed E-state index contributed by atoms with van der Waals surface area (Å²) in [5, 5.41) is 2.70. The lowest BCUT2D eigenvalue weighted by molar-refractivity contribution is -0.139. The van der Waals surface area contributed by atoms with Gasteiger partial charge in [-0.1, -0.05) is 42.0 Å². The smallest absolute Gasteiger partial charge is 0.325 e. The molecule has 1 saturated heterocycles. The number of nitrogens with one attached hydrogen (secondary N) is 1. The van der Waals surface area contributed by atoms with E-state index in [9.17, 15) is 18.8 Å². The van der Waals surface area contributed by atoms with Gasteiger partial charge in [0.25, 0.3) is 5.91 Å². The lowest BCUT2D eigenvalue weighted by Gasteiger charge is -2.27. The van der Waals surface area contributed by atoms with Crippen LogP contribution >= 0.6 is 0 Å². The largest absolute Gasteiger partial charge is 0.337 e. The van der Waals surface area contributed by atoms with Crippen LogP contribution in [0.25, 0.3) is 0 Å². The predicted octanol–water partition coefficient (Wildman–Crippen LogP) is 3.12. The molecule has 1 heterocycles. The SMILES string of the molecule is Cc1ccc(C2(C)NC(=O)N(CC(=O)N(C)C(C)c3ccc(F)cc3)C2=O)cc1. The second-order valence-electron chi connectivity index (χ2n) is 7.54. The normalized spacial score (nSPS) is 19.8. The van der Waals surface area contributed by atoms with E-state index in [1.807, 2.05) is 19.1 Å². The maximum absolute atomic E-state index is 13.1. The highest BCUT2D eigenvalue weighted by molar-refractivity contribution is 6.09. The summed E-state index contributed by atoms with van der Waals surface area (Å²) in [4.78, 5) is 40.6. The van der Waals surface area contributed by atoms with Crippen LogP contribution in [0.15, 0.2) is 48.5 Å². The van der Waals surface area contributed by atoms with E-state index in [1.165, 1.54) is 17.0 Å². The third-order valence-corrected chi connectivity index (χ3v) is 5.52. The first-order chi connectivity index (χ1) is 13.6. The van der Waals surface area contributed by atoms with Crippen LogP contribution in [-0.2, 0) is 15.1 Å². The van der Waals surface area contributed by atoms with Crippen LogP contribution < -0.4 is 5.32 Å². The van der Waals surface area contributed by atoms with Crippen molar-refractivity contribution in [1.29, 1.82) is 0 Å². The topological polar surface area (TPSA) is 69.7 Å². The van der Waals surface area contributed by atoms with Crippen molar-refractivity contribution in [2.75, 3.05) is 13.6 Å². The summed E-state index contributed by atoms with van der Waals surface area (Å²) >= 11 is 0. The van der Waals surface area contributed by atoms with Gasteiger partial charge in [-0.05, 0) is 44.0 Å². The quantitative estimate of drug-likeness (QED) is 0.788. The summed E-state index contributed by atoms with van der Waals surface area (Å²) in [5.74, 6) is -1.22. The van der Waals surface area contributed by atoms with Gasteiger partial charge in [-0.15, -0.1) is 0 Å². The Bertz CT molecular complexity index is 943. The highest BCUT2D eigenvalue weighted by atomic mass is 19.1. The van der Waals surface area contributed by atoms with Crippen molar-refractivity contribution in [1.82, 2.24) is 15.1 Å². The number of benzene rings is 2. The Labute approximate surface area is 169 Å². The first-order valence-corrected chi connectivity index (χ1v) is 9.36. The zero-order chi connectivity index (χ0) is 21.3. The number of amides is 4. The van der Waals surface area contributed by atoms with Gasteiger partial charge in [-0.3, -0.25) is 14.5 Å². The van der Waals surface area contributed by atoms with Crippen molar-refractivity contribution in [3.05, 3.63) is 71.0 Å². The summed E-state index contributed by atoms with van der Waals surface area (Å²) in [7, 11) is 1.59. The van der Waals surface area contributed by atoms with Gasteiger partial charge in [0.1, 0.15) is 17.9 Å². The van der Waals surface area contributed by atoms with E-state index in [2.05, 4.69) is 5.32 Å². The molecule has 6 nitrogen and oxygen atoms in total. The molecular formula is C22H24FN3O3. The molecule has 3 rings (SSSR count). The Morgan fingerprint density at radius 2 is 1.72 bits per heavy atom. The second-order valence-corrected chi connectivity index (χ2v) is 7.54. The monoisotopic (exact) mass is 397 g/mol. The predicted molar refractivity (Wildman–Crippen MR) is 106 cm³/mol. The Morgan fingerprint density at radius 1 is 1.14 bits per heavy atom. The fraction of sp³-hybridized carbons (Fsp3) is 0.318. The number of halogens is 1. The molecule has 0 radical (unpaired) electrons. The molecule has 7 heteroatoms. The van der Waals surface area contributed by atoms with Gasteiger partial charge in [-0.2, -0.15) is 0 Å². The number of nitrogens with zero attached hydrogens (tertiary/aromatic N) is 2. The molecule has 2 atom stereocenters. The van der Waals surface area contributed by atoms with Gasteiger partial charge in [0, 0.05) is 7.05 Å². The highest BCUT2D eigenvalue weighted by Crippen LogP contribution is 2.29. The van der Waals surface area contributed by atoms with E-state index in [0.717, 1.165) is 16.0 Å². The molecule has 0 saturated carbocycles. The minimum Gasteiger partial charge on any atom is -0.337 e. The average Bonchev–Trinajstić information content (AvgIpc) is 2.91. The third-order valence-electron chi connectivity index (χ3n) is 5.52. The molecular weight excluding hydrogens is 373 g/mol. The number of hydrogen-bond acceptors (Lipinski definition) is 3. The van der Waals surface area contributed by atoms with E-state index in [-0.39, 0.29) is 18.4 Å². The van der Waals surface area contributed by atoms with Gasteiger partial charge in [-0.25, -0.2) is 9.18 Å². The summed E-state index contributed by atoms with van der Waals surface area (Å²) in [6.45, 7) is 5.00. The number of rotatable bonds is 5. The van der Waals surface area contributed by atoms with E-state index >= 15 is 0 Å². The zero-order valence-corrected chi connectivity index (χ0v) is 16.9. The molecule has 29 heavy (non-hydrogen) atoms. The van der Waals surface area contributed by atoms with E-state index in [4.69, 9.17) is 0 Å². The molecule has 0 aromatic heterocycles. The number of imide groups is 1. The minimum atomic E-state index is -1.22. The Hall–Kier alpha value is -3.22. The molecule has 2 aromatic rings. The van der Waals surface area contributed by atoms with Gasteiger partial charge in [0.2, 0.25) is 5.91 Å². The molecule has 1 aliphatic rings. The fourth-order valence-electron chi connectivity index (χ4n) is 3.35. The van der Waals surface area contributed by atoms with Crippen molar-refractivity contribution < 1.29 is 18.8 Å². The Morgan fingerprint density at radius 3 is 2.31 bits per heavy atom. The van der Waals surface area contributed by atoms with Crippen molar-refractivity contribution in [3.8, 4) is 0 Å². The van der Waals surface area contributed by atoms with Crippen molar-refractivity contribution in [2.24, 2.45) is 0 Å². The minimum absolute atomic E-state index is 0.340. The van der Waals surface area contributed by atoms with Crippen LogP contribution in [0.1, 0.15) is 36.6 Å². The molecule has 0 bridgehead atoms. The Kier molecular flexibility index (Phi) is 5.42. The number of carbonyl (C=O) groups is 3. The van der Waals surface area contributed by atoms with Crippen LogP contribution in [0.2, 0.25) is 0 Å². The number of urea groups is 1. The molecule has 4 amide bonds. The maximum atomic E-state index is 13.1. The number of hydrogen-bond donors (Lipinski definition) is 1. The number of likely N-dealkylation sites (N-methyl/N-ethyl adjacent to an activating group) is 1. The highest BCUT2D eigenvalue weighted by Gasteiger charge is 2.49. The third kappa shape index (κ3) is 3.85. The number of aryl methyl sites for hydroxylation is 1. The lowest BCUT2D eigenvalue weighted by Crippen LogP contribution is -2.44. The molecule has 0 spiro atoms. The molecule has 0 aliphatic carbocycles. The maximum Gasteiger partial charge on any atom is 0.325 e. The van der Waals surface area contributed by atoms with Crippen molar-refractivity contribution in [2.45, 2.75) is 32.4 Å². The van der Waals surface area contributed by atoms with Crippen LogP contribution in [0.3, 0.4) is 0 Å². The van der Waals surface area contributed by atoms with E-state index < -0.39 is 23.4 Å². The first kappa shape index (κ1) is 20.5. The lowest BCUT2D eigenvalue weighted by atomic mass is 9.91. The van der Waals surface area contributed by atoms with Gasteiger partial charge >= 0.3 is 6.03 Å². The first-order valence-electron chi connectivity index (χ1n) is 9.36. The van der Waals surface area contributed by atoms with Crippen LogP contribution in [-0.4, -0.2) is 41.2 Å².